The molecular weight excluding hydrogens is 414 g/mol. The number of aryl methyl sites for hydroxylation is 1. The second kappa shape index (κ2) is 11.5. The van der Waals surface area contributed by atoms with Gasteiger partial charge in [0.15, 0.2) is 0 Å². The maximum atomic E-state index is 14.2. The molecule has 2 unspecified atom stereocenters. The SMILES string of the molecule is CCCCNC(C)c1cnc(NC(=O)[C@H](CCC)NC2CCc3cc(F)cc(F)c3C2)o1. The number of aromatic nitrogens is 1. The Morgan fingerprint density at radius 1 is 1.28 bits per heavy atom. The van der Waals surface area contributed by atoms with Gasteiger partial charge < -0.3 is 15.1 Å². The summed E-state index contributed by atoms with van der Waals surface area (Å²) in [4.78, 5) is 17.1. The lowest BCUT2D eigenvalue weighted by atomic mass is 9.87. The van der Waals surface area contributed by atoms with Gasteiger partial charge in [-0.15, -0.1) is 0 Å². The van der Waals surface area contributed by atoms with Crippen LogP contribution in [0.4, 0.5) is 14.8 Å². The summed E-state index contributed by atoms with van der Waals surface area (Å²) in [6, 6.07) is 2.00. The number of carbonyl (C=O) groups excluding carboxylic acids is 1. The van der Waals surface area contributed by atoms with Crippen molar-refractivity contribution in [2.24, 2.45) is 0 Å². The summed E-state index contributed by atoms with van der Waals surface area (Å²) in [5, 5.41) is 9.50. The number of oxazole rings is 1. The number of nitrogens with one attached hydrogen (secondary N) is 3. The number of benzene rings is 1. The van der Waals surface area contributed by atoms with Crippen LogP contribution in [-0.2, 0) is 17.6 Å². The molecule has 3 rings (SSSR count). The second-order valence-corrected chi connectivity index (χ2v) is 8.56. The summed E-state index contributed by atoms with van der Waals surface area (Å²) in [5.41, 5.74) is 1.25. The highest BCUT2D eigenvalue weighted by Crippen LogP contribution is 2.26. The van der Waals surface area contributed by atoms with E-state index in [0.717, 1.165) is 31.9 Å². The lowest BCUT2D eigenvalue weighted by Crippen LogP contribution is -2.48. The molecule has 176 valence electrons. The molecule has 32 heavy (non-hydrogen) atoms. The minimum Gasteiger partial charge on any atom is -0.427 e. The number of unbranched alkanes of at least 4 members (excludes halogenated alkanes) is 1. The summed E-state index contributed by atoms with van der Waals surface area (Å²) in [6.07, 6.45) is 6.98. The Bertz CT molecular complexity index is 902. The molecule has 1 aromatic carbocycles. The number of hydrogen-bond donors (Lipinski definition) is 3. The van der Waals surface area contributed by atoms with E-state index >= 15 is 0 Å². The number of fused-ring (bicyclic) bond motifs is 1. The van der Waals surface area contributed by atoms with E-state index in [1.54, 1.807) is 6.20 Å². The number of rotatable bonds is 11. The molecule has 1 aliphatic carbocycles. The maximum Gasteiger partial charge on any atom is 0.301 e. The minimum atomic E-state index is -0.545. The lowest BCUT2D eigenvalue weighted by molar-refractivity contribution is -0.118. The lowest BCUT2D eigenvalue weighted by Gasteiger charge is -2.29. The summed E-state index contributed by atoms with van der Waals surface area (Å²) < 4.78 is 33.4. The van der Waals surface area contributed by atoms with Gasteiger partial charge in [-0.05, 0) is 62.8 Å². The Morgan fingerprint density at radius 3 is 2.84 bits per heavy atom. The van der Waals surface area contributed by atoms with E-state index in [9.17, 15) is 13.6 Å². The summed E-state index contributed by atoms with van der Waals surface area (Å²) >= 11 is 0. The first-order chi connectivity index (χ1) is 15.4. The van der Waals surface area contributed by atoms with Crippen LogP contribution in [0.25, 0.3) is 0 Å². The van der Waals surface area contributed by atoms with Crippen LogP contribution in [0, 0.1) is 11.6 Å². The van der Waals surface area contributed by atoms with E-state index in [1.165, 1.54) is 6.07 Å². The largest absolute Gasteiger partial charge is 0.427 e. The fourth-order valence-electron chi connectivity index (χ4n) is 4.13. The average molecular weight is 449 g/mol. The van der Waals surface area contributed by atoms with Gasteiger partial charge in [-0.3, -0.25) is 10.1 Å². The summed E-state index contributed by atoms with van der Waals surface area (Å²) in [6.45, 7) is 7.03. The number of anilines is 1. The van der Waals surface area contributed by atoms with Gasteiger partial charge in [0.2, 0.25) is 5.91 Å². The highest BCUT2D eigenvalue weighted by Gasteiger charge is 2.27. The third-order valence-corrected chi connectivity index (χ3v) is 5.96. The maximum absolute atomic E-state index is 14.2. The van der Waals surface area contributed by atoms with E-state index in [1.807, 2.05) is 13.8 Å². The predicted octanol–water partition coefficient (Wildman–Crippen LogP) is 4.66. The van der Waals surface area contributed by atoms with Crippen LogP contribution in [0.15, 0.2) is 22.7 Å². The molecule has 8 heteroatoms. The fourth-order valence-corrected chi connectivity index (χ4v) is 4.13. The van der Waals surface area contributed by atoms with Gasteiger partial charge in [-0.2, -0.15) is 0 Å². The zero-order chi connectivity index (χ0) is 23.1. The van der Waals surface area contributed by atoms with Crippen LogP contribution in [0.5, 0.6) is 0 Å². The topological polar surface area (TPSA) is 79.2 Å². The van der Waals surface area contributed by atoms with E-state index in [4.69, 9.17) is 4.42 Å². The third-order valence-electron chi connectivity index (χ3n) is 5.96. The molecule has 0 spiro atoms. The Morgan fingerprint density at radius 2 is 2.09 bits per heavy atom. The number of halogens is 2. The van der Waals surface area contributed by atoms with Crippen molar-refractivity contribution in [2.75, 3.05) is 11.9 Å². The zero-order valence-electron chi connectivity index (χ0n) is 19.1. The first kappa shape index (κ1) is 24.3. The molecule has 2 aromatic rings. The molecule has 0 saturated carbocycles. The first-order valence-corrected chi connectivity index (χ1v) is 11.6. The predicted molar refractivity (Wildman–Crippen MR) is 120 cm³/mol. The normalized spacial score (nSPS) is 17.6. The summed E-state index contributed by atoms with van der Waals surface area (Å²) in [5.74, 6) is -0.617. The monoisotopic (exact) mass is 448 g/mol. The Kier molecular flexibility index (Phi) is 8.75. The van der Waals surface area contributed by atoms with Crippen molar-refractivity contribution < 1.29 is 18.0 Å². The molecule has 1 amide bonds. The van der Waals surface area contributed by atoms with Crippen molar-refractivity contribution in [3.05, 3.63) is 46.9 Å². The first-order valence-electron chi connectivity index (χ1n) is 11.6. The molecule has 0 aliphatic heterocycles. The van der Waals surface area contributed by atoms with Crippen LogP contribution in [0.2, 0.25) is 0 Å². The highest BCUT2D eigenvalue weighted by atomic mass is 19.1. The van der Waals surface area contributed by atoms with Crippen molar-refractivity contribution in [3.8, 4) is 0 Å². The molecular formula is C24H34F2N4O2. The molecule has 6 nitrogen and oxygen atoms in total. The smallest absolute Gasteiger partial charge is 0.301 e. The molecule has 1 heterocycles. The van der Waals surface area contributed by atoms with Gasteiger partial charge in [-0.1, -0.05) is 26.7 Å². The van der Waals surface area contributed by atoms with E-state index in [0.29, 0.717) is 42.6 Å². The van der Waals surface area contributed by atoms with Gasteiger partial charge in [0.25, 0.3) is 0 Å². The van der Waals surface area contributed by atoms with Crippen molar-refractivity contribution in [1.29, 1.82) is 0 Å². The molecule has 3 atom stereocenters. The van der Waals surface area contributed by atoms with E-state index < -0.39 is 17.7 Å². The third kappa shape index (κ3) is 6.36. The number of hydrogen-bond acceptors (Lipinski definition) is 5. The molecule has 0 bridgehead atoms. The molecule has 3 N–H and O–H groups in total. The van der Waals surface area contributed by atoms with Gasteiger partial charge in [0.1, 0.15) is 17.4 Å². The van der Waals surface area contributed by atoms with Crippen LogP contribution in [-0.4, -0.2) is 29.5 Å². The number of nitrogens with zero attached hydrogens (tertiary/aromatic N) is 1. The molecule has 1 aliphatic rings. The second-order valence-electron chi connectivity index (χ2n) is 8.56. The van der Waals surface area contributed by atoms with Crippen LogP contribution >= 0.6 is 0 Å². The minimum absolute atomic E-state index is 0.00584. The van der Waals surface area contributed by atoms with Crippen molar-refractivity contribution >= 4 is 11.9 Å². The molecule has 0 saturated heterocycles. The van der Waals surface area contributed by atoms with Crippen LogP contribution in [0.3, 0.4) is 0 Å². The van der Waals surface area contributed by atoms with Crippen LogP contribution in [0.1, 0.15) is 75.8 Å². The van der Waals surface area contributed by atoms with Gasteiger partial charge in [-0.25, -0.2) is 13.8 Å². The van der Waals surface area contributed by atoms with Gasteiger partial charge >= 0.3 is 6.01 Å². The van der Waals surface area contributed by atoms with Crippen LogP contribution < -0.4 is 16.0 Å². The Hall–Kier alpha value is -2.32. The average Bonchev–Trinajstić information content (AvgIpc) is 3.22. The fraction of sp³-hybridized carbons (Fsp3) is 0.583. The standard InChI is InChI=1S/C24H34F2N4O2/c1-4-6-10-27-15(3)22-14-28-24(32-22)30-23(31)21(7-5-2)29-18-9-8-16-11-17(25)12-20(26)19(16)13-18/h11-12,14-15,18,21,27,29H,4-10,13H2,1-3H3,(H,28,30,31)/t15?,18?,21-/m0/s1. The van der Waals surface area contributed by atoms with Gasteiger partial charge in [0, 0.05) is 12.1 Å². The Balaban J connectivity index is 1.59. The van der Waals surface area contributed by atoms with Crippen molar-refractivity contribution in [2.45, 2.75) is 83.8 Å². The summed E-state index contributed by atoms with van der Waals surface area (Å²) in [7, 11) is 0. The van der Waals surface area contributed by atoms with E-state index in [2.05, 4.69) is 27.9 Å². The zero-order valence-corrected chi connectivity index (χ0v) is 19.1. The van der Waals surface area contributed by atoms with Crippen molar-refractivity contribution in [3.63, 3.8) is 0 Å². The molecule has 0 radical (unpaired) electrons. The highest BCUT2D eigenvalue weighted by molar-refractivity contribution is 5.93. The number of amides is 1. The molecule has 0 fully saturated rings. The van der Waals surface area contributed by atoms with Crippen molar-refractivity contribution in [1.82, 2.24) is 15.6 Å². The number of carbonyl (C=O) groups is 1. The molecule has 1 aromatic heterocycles. The quantitative estimate of drug-likeness (QED) is 0.436. The van der Waals surface area contributed by atoms with Gasteiger partial charge in [0.05, 0.1) is 18.3 Å². The van der Waals surface area contributed by atoms with E-state index in [-0.39, 0.29) is 24.0 Å². The Labute approximate surface area is 188 Å².